The third-order valence-corrected chi connectivity index (χ3v) is 3.48. The number of rotatable bonds is 1. The van der Waals surface area contributed by atoms with Crippen LogP contribution < -0.4 is 4.84 Å². The van der Waals surface area contributed by atoms with Crippen LogP contribution in [-0.4, -0.2) is 5.75 Å². The molecule has 0 saturated heterocycles. The first-order valence-electron chi connectivity index (χ1n) is 3.88. The molecule has 2 nitrogen and oxygen atoms in total. The second-order valence-corrected chi connectivity index (χ2v) is 4.12. The lowest BCUT2D eigenvalue weighted by atomic mass is 10.1. The highest BCUT2D eigenvalue weighted by atomic mass is 35.5. The lowest BCUT2D eigenvalue weighted by Gasteiger charge is -2.05. The summed E-state index contributed by atoms with van der Waals surface area (Å²) in [4.78, 5) is 3.89. The molecule has 1 aromatic carbocycles. The van der Waals surface area contributed by atoms with Crippen LogP contribution in [0, 0.1) is 11.3 Å². The average molecular weight is 211 g/mol. The molecular weight excluding hydrogens is 204 g/mol. The van der Waals surface area contributed by atoms with E-state index >= 15 is 0 Å². The van der Waals surface area contributed by atoms with E-state index in [-0.39, 0.29) is 6.04 Å². The van der Waals surface area contributed by atoms with Crippen LogP contribution in [0.3, 0.4) is 0 Å². The zero-order chi connectivity index (χ0) is 9.26. The first-order chi connectivity index (χ1) is 6.35. The molecular formula is C9H7ClN2S. The molecule has 0 spiro atoms. The molecule has 0 amide bonds. The summed E-state index contributed by atoms with van der Waals surface area (Å²) >= 11 is 7.31. The highest BCUT2D eigenvalue weighted by Crippen LogP contribution is 2.38. The van der Waals surface area contributed by atoms with Crippen molar-refractivity contribution in [1.82, 2.24) is 4.84 Å². The fraction of sp³-hybridized carbons (Fsp3) is 0.222. The van der Waals surface area contributed by atoms with Gasteiger partial charge in [-0.2, -0.15) is 5.26 Å². The van der Waals surface area contributed by atoms with E-state index in [9.17, 15) is 0 Å². The highest BCUT2D eigenvalue weighted by Gasteiger charge is 2.22. The lowest BCUT2D eigenvalue weighted by Crippen LogP contribution is -2.09. The minimum atomic E-state index is 0.217. The van der Waals surface area contributed by atoms with E-state index in [1.807, 2.05) is 18.2 Å². The smallest absolute Gasteiger partial charge is 0.0992 e. The van der Waals surface area contributed by atoms with Crippen molar-refractivity contribution in [1.29, 1.82) is 5.26 Å². The molecule has 2 rings (SSSR count). The Hall–Kier alpha value is -0.690. The van der Waals surface area contributed by atoms with Gasteiger partial charge in [-0.15, -0.1) is 11.8 Å². The van der Waals surface area contributed by atoms with E-state index in [4.69, 9.17) is 17.0 Å². The van der Waals surface area contributed by atoms with Crippen molar-refractivity contribution < 1.29 is 0 Å². The Morgan fingerprint density at radius 3 is 3.15 bits per heavy atom. The number of benzene rings is 1. The van der Waals surface area contributed by atoms with Crippen LogP contribution in [0.4, 0.5) is 0 Å². The van der Waals surface area contributed by atoms with Gasteiger partial charge < -0.3 is 0 Å². The molecule has 1 aromatic rings. The SMILES string of the molecule is N#Cc1ccc2c(c1)SCC2NCl. The maximum Gasteiger partial charge on any atom is 0.0992 e. The Bertz CT molecular complexity index is 372. The van der Waals surface area contributed by atoms with E-state index in [1.54, 1.807) is 11.8 Å². The molecule has 1 N–H and O–H groups in total. The van der Waals surface area contributed by atoms with E-state index in [2.05, 4.69) is 10.9 Å². The number of nitrogens with one attached hydrogen (secondary N) is 1. The fourth-order valence-electron chi connectivity index (χ4n) is 1.37. The van der Waals surface area contributed by atoms with E-state index < -0.39 is 0 Å². The van der Waals surface area contributed by atoms with Crippen LogP contribution in [0.5, 0.6) is 0 Å². The number of nitriles is 1. The summed E-state index contributed by atoms with van der Waals surface area (Å²) in [6, 6.07) is 8.04. The summed E-state index contributed by atoms with van der Waals surface area (Å²) in [5.41, 5.74) is 1.90. The van der Waals surface area contributed by atoms with Crippen molar-refractivity contribution in [2.45, 2.75) is 10.9 Å². The highest BCUT2D eigenvalue weighted by molar-refractivity contribution is 7.99. The second kappa shape index (κ2) is 3.59. The average Bonchev–Trinajstić information content (AvgIpc) is 2.59. The summed E-state index contributed by atoms with van der Waals surface area (Å²) < 4.78 is 0. The quantitative estimate of drug-likeness (QED) is 0.724. The van der Waals surface area contributed by atoms with Crippen molar-refractivity contribution in [3.8, 4) is 6.07 Å². The number of halogens is 1. The van der Waals surface area contributed by atoms with E-state index in [1.165, 1.54) is 5.56 Å². The Labute approximate surface area is 86.0 Å². The predicted octanol–water partition coefficient (Wildman–Crippen LogP) is 2.45. The molecule has 4 heteroatoms. The summed E-state index contributed by atoms with van der Waals surface area (Å²) in [7, 11) is 0. The normalized spacial score (nSPS) is 19.5. The molecule has 0 bridgehead atoms. The van der Waals surface area contributed by atoms with Crippen molar-refractivity contribution >= 4 is 23.5 Å². The van der Waals surface area contributed by atoms with Crippen LogP contribution in [0.15, 0.2) is 23.1 Å². The van der Waals surface area contributed by atoms with Gasteiger partial charge in [0.05, 0.1) is 17.7 Å². The summed E-state index contributed by atoms with van der Waals surface area (Å²) in [6.45, 7) is 0. The minimum absolute atomic E-state index is 0.217. The van der Waals surface area contributed by atoms with Gasteiger partial charge in [0.15, 0.2) is 0 Å². The number of fused-ring (bicyclic) bond motifs is 1. The Balaban J connectivity index is 2.41. The van der Waals surface area contributed by atoms with Gasteiger partial charge in [-0.25, -0.2) is 4.84 Å². The van der Waals surface area contributed by atoms with Crippen molar-refractivity contribution in [3.05, 3.63) is 29.3 Å². The second-order valence-electron chi connectivity index (χ2n) is 2.84. The number of hydrogen-bond donors (Lipinski definition) is 1. The maximum atomic E-state index is 8.69. The molecule has 1 atom stereocenters. The predicted molar refractivity (Wildman–Crippen MR) is 53.6 cm³/mol. The molecule has 0 aromatic heterocycles. The molecule has 1 aliphatic rings. The van der Waals surface area contributed by atoms with Gasteiger partial charge in [-0.1, -0.05) is 6.07 Å². The van der Waals surface area contributed by atoms with Crippen LogP contribution in [-0.2, 0) is 0 Å². The zero-order valence-electron chi connectivity index (χ0n) is 6.75. The first-order valence-corrected chi connectivity index (χ1v) is 5.24. The Morgan fingerprint density at radius 2 is 2.46 bits per heavy atom. The van der Waals surface area contributed by atoms with E-state index in [0.717, 1.165) is 10.6 Å². The Morgan fingerprint density at radius 1 is 1.62 bits per heavy atom. The van der Waals surface area contributed by atoms with Crippen LogP contribution in [0.1, 0.15) is 17.2 Å². The van der Waals surface area contributed by atoms with Gasteiger partial charge in [0.25, 0.3) is 0 Å². The third kappa shape index (κ3) is 1.53. The van der Waals surface area contributed by atoms with E-state index in [0.29, 0.717) is 5.56 Å². The summed E-state index contributed by atoms with van der Waals surface area (Å²) in [6.07, 6.45) is 0. The van der Waals surface area contributed by atoms with Crippen LogP contribution in [0.2, 0.25) is 0 Å². The number of thioether (sulfide) groups is 1. The van der Waals surface area contributed by atoms with Gasteiger partial charge in [0.2, 0.25) is 0 Å². The number of nitrogens with zero attached hydrogens (tertiary/aromatic N) is 1. The van der Waals surface area contributed by atoms with Crippen LogP contribution in [0.25, 0.3) is 0 Å². The third-order valence-electron chi connectivity index (χ3n) is 2.06. The molecule has 0 radical (unpaired) electrons. The van der Waals surface area contributed by atoms with Gasteiger partial charge in [0, 0.05) is 10.6 Å². The molecule has 1 aliphatic heterocycles. The minimum Gasteiger partial charge on any atom is -0.225 e. The summed E-state index contributed by atoms with van der Waals surface area (Å²) in [5.74, 6) is 0.938. The Kier molecular flexibility index (Phi) is 2.45. The summed E-state index contributed by atoms with van der Waals surface area (Å²) in [5, 5.41) is 8.69. The molecule has 1 unspecified atom stereocenters. The van der Waals surface area contributed by atoms with Crippen LogP contribution >= 0.6 is 23.5 Å². The molecule has 1 heterocycles. The lowest BCUT2D eigenvalue weighted by molar-refractivity contribution is 0.759. The van der Waals surface area contributed by atoms with Crippen molar-refractivity contribution in [2.24, 2.45) is 0 Å². The molecule has 0 aliphatic carbocycles. The zero-order valence-corrected chi connectivity index (χ0v) is 8.32. The standard InChI is InChI=1S/C9H7ClN2S/c10-12-8-5-13-9-3-6(4-11)1-2-7(8)9/h1-3,8,12H,5H2. The molecule has 0 fully saturated rings. The molecule has 13 heavy (non-hydrogen) atoms. The number of hydrogen-bond acceptors (Lipinski definition) is 3. The van der Waals surface area contributed by atoms with Crippen molar-refractivity contribution in [3.63, 3.8) is 0 Å². The van der Waals surface area contributed by atoms with Gasteiger partial charge in [0.1, 0.15) is 0 Å². The maximum absolute atomic E-state index is 8.69. The van der Waals surface area contributed by atoms with Crippen molar-refractivity contribution in [2.75, 3.05) is 5.75 Å². The first kappa shape index (κ1) is 8.89. The topological polar surface area (TPSA) is 35.8 Å². The van der Waals surface area contributed by atoms with Gasteiger partial charge in [-0.3, -0.25) is 0 Å². The largest absolute Gasteiger partial charge is 0.225 e. The molecule has 66 valence electrons. The monoisotopic (exact) mass is 210 g/mol. The fourth-order valence-corrected chi connectivity index (χ4v) is 2.85. The van der Waals surface area contributed by atoms with Gasteiger partial charge in [-0.05, 0) is 29.5 Å². The molecule has 0 saturated carbocycles. The van der Waals surface area contributed by atoms with Gasteiger partial charge >= 0.3 is 0 Å².